The number of aliphatic hydroxyl groups excluding tert-OH is 1. The van der Waals surface area contributed by atoms with Gasteiger partial charge in [-0.15, -0.1) is 0 Å². The SMILES string of the molecule is CC(C)(O)CCC(=O)[C@](C)(O)[C@H]1[C@H](O)C[C@@]2(C)[C@@H]3CC=C4[C@@H](CC(=O)C(=O)C4(C)C)[C@]3(C)C(=O)C[C@]12C. The number of allylic oxidation sites excluding steroid dienone is 2. The van der Waals surface area contributed by atoms with Gasteiger partial charge in [-0.1, -0.05) is 32.4 Å². The fraction of sp³-hybridized carbons (Fsp3) is 0.800. The van der Waals surface area contributed by atoms with E-state index in [0.717, 1.165) is 5.57 Å². The van der Waals surface area contributed by atoms with Gasteiger partial charge in [-0.25, -0.2) is 0 Å². The van der Waals surface area contributed by atoms with Crippen molar-refractivity contribution < 1.29 is 34.5 Å². The van der Waals surface area contributed by atoms with Crippen molar-refractivity contribution in [3.63, 3.8) is 0 Å². The molecule has 3 fully saturated rings. The highest BCUT2D eigenvalue weighted by Crippen LogP contribution is 2.74. The minimum absolute atomic E-state index is 0.0127. The first-order valence-corrected chi connectivity index (χ1v) is 13.6. The summed E-state index contributed by atoms with van der Waals surface area (Å²) in [4.78, 5) is 53.0. The molecule has 0 amide bonds. The lowest BCUT2D eigenvalue weighted by Crippen LogP contribution is -2.65. The average molecular weight is 517 g/mol. The summed E-state index contributed by atoms with van der Waals surface area (Å²) in [7, 11) is 0. The molecule has 0 aromatic rings. The highest BCUT2D eigenvalue weighted by Gasteiger charge is 2.74. The van der Waals surface area contributed by atoms with Gasteiger partial charge in [0.2, 0.25) is 5.78 Å². The van der Waals surface area contributed by atoms with Crippen LogP contribution in [0.4, 0.5) is 0 Å². The predicted molar refractivity (Wildman–Crippen MR) is 137 cm³/mol. The van der Waals surface area contributed by atoms with Gasteiger partial charge in [-0.05, 0) is 70.6 Å². The van der Waals surface area contributed by atoms with Crippen LogP contribution < -0.4 is 0 Å². The lowest BCUT2D eigenvalue weighted by molar-refractivity contribution is -0.183. The molecule has 4 aliphatic rings. The normalized spacial score (nSPS) is 42.9. The highest BCUT2D eigenvalue weighted by atomic mass is 16.3. The molecule has 0 aromatic carbocycles. The van der Waals surface area contributed by atoms with Crippen molar-refractivity contribution in [2.75, 3.05) is 0 Å². The molecule has 8 atom stereocenters. The van der Waals surface area contributed by atoms with E-state index in [-0.39, 0.29) is 43.3 Å². The summed E-state index contributed by atoms with van der Waals surface area (Å²) < 4.78 is 0. The Balaban J connectivity index is 1.77. The summed E-state index contributed by atoms with van der Waals surface area (Å²) in [6.45, 7) is 14.1. The molecule has 0 spiro atoms. The van der Waals surface area contributed by atoms with E-state index >= 15 is 0 Å². The number of hydrogen-bond donors (Lipinski definition) is 3. The highest BCUT2D eigenvalue weighted by molar-refractivity contribution is 6.40. The van der Waals surface area contributed by atoms with Crippen LogP contribution >= 0.6 is 0 Å². The molecule has 3 saturated carbocycles. The first-order valence-electron chi connectivity index (χ1n) is 13.6. The molecule has 4 aliphatic carbocycles. The second-order valence-corrected chi connectivity index (χ2v) is 14.4. The lowest BCUT2D eigenvalue weighted by Gasteiger charge is -2.64. The Morgan fingerprint density at radius 1 is 1.03 bits per heavy atom. The predicted octanol–water partition coefficient (Wildman–Crippen LogP) is 3.36. The fourth-order valence-electron chi connectivity index (χ4n) is 9.06. The van der Waals surface area contributed by atoms with Gasteiger partial charge in [0.25, 0.3) is 0 Å². The molecule has 7 heteroatoms. The Kier molecular flexibility index (Phi) is 6.24. The summed E-state index contributed by atoms with van der Waals surface area (Å²) in [5, 5.41) is 33.2. The van der Waals surface area contributed by atoms with Crippen molar-refractivity contribution in [2.24, 2.45) is 39.4 Å². The van der Waals surface area contributed by atoms with E-state index in [4.69, 9.17) is 0 Å². The van der Waals surface area contributed by atoms with Crippen molar-refractivity contribution in [3.8, 4) is 0 Å². The van der Waals surface area contributed by atoms with Gasteiger partial charge in [0, 0.05) is 36.5 Å². The van der Waals surface area contributed by atoms with E-state index in [0.29, 0.717) is 12.8 Å². The van der Waals surface area contributed by atoms with Gasteiger partial charge in [0.1, 0.15) is 11.4 Å². The number of ketones is 4. The van der Waals surface area contributed by atoms with Gasteiger partial charge >= 0.3 is 0 Å². The summed E-state index contributed by atoms with van der Waals surface area (Å²) >= 11 is 0. The fourth-order valence-corrected chi connectivity index (χ4v) is 9.06. The molecular weight excluding hydrogens is 472 g/mol. The van der Waals surface area contributed by atoms with Gasteiger partial charge < -0.3 is 15.3 Å². The van der Waals surface area contributed by atoms with E-state index in [1.54, 1.807) is 27.7 Å². The maximum atomic E-state index is 14.2. The number of aliphatic hydroxyl groups is 3. The van der Waals surface area contributed by atoms with Gasteiger partial charge in [0.15, 0.2) is 11.6 Å². The Morgan fingerprint density at radius 3 is 2.19 bits per heavy atom. The molecule has 4 rings (SSSR count). The minimum Gasteiger partial charge on any atom is -0.393 e. The van der Waals surface area contributed by atoms with Crippen molar-refractivity contribution in [1.82, 2.24) is 0 Å². The number of carbonyl (C=O) groups excluding carboxylic acids is 4. The minimum atomic E-state index is -1.88. The molecule has 0 heterocycles. The Bertz CT molecular complexity index is 1090. The maximum Gasteiger partial charge on any atom is 0.207 e. The van der Waals surface area contributed by atoms with Gasteiger partial charge in [0.05, 0.1) is 17.1 Å². The third kappa shape index (κ3) is 3.70. The van der Waals surface area contributed by atoms with Crippen LogP contribution in [0.3, 0.4) is 0 Å². The van der Waals surface area contributed by atoms with Crippen LogP contribution in [0.25, 0.3) is 0 Å². The first kappa shape index (κ1) is 28.3. The zero-order valence-electron chi connectivity index (χ0n) is 23.6. The second kappa shape index (κ2) is 8.15. The van der Waals surface area contributed by atoms with E-state index in [1.807, 2.05) is 19.9 Å². The topological polar surface area (TPSA) is 129 Å². The summed E-state index contributed by atoms with van der Waals surface area (Å²) in [5.74, 6) is -2.80. The average Bonchev–Trinajstić information content (AvgIpc) is 2.96. The first-order chi connectivity index (χ1) is 16.7. The molecule has 0 radical (unpaired) electrons. The Morgan fingerprint density at radius 2 is 1.62 bits per heavy atom. The Labute approximate surface area is 220 Å². The standard InChI is InChI=1S/C30H44O7/c1-25(2,36)12-11-21(33)30(8,37)23-19(32)14-27(5)20-10-9-16-17(13-18(31)24(35)26(16,3)4)29(20,7)22(34)15-28(23,27)6/h9,17,19-20,23,32,36-37H,10-15H2,1-8H3/t17-,19-,20+,23+,27+,28-,29+,30+/m1/s1. The van der Waals surface area contributed by atoms with Crippen molar-refractivity contribution in [3.05, 3.63) is 11.6 Å². The number of hydrogen-bond acceptors (Lipinski definition) is 7. The summed E-state index contributed by atoms with van der Waals surface area (Å²) in [5.41, 5.74) is -5.40. The zero-order chi connectivity index (χ0) is 28.1. The molecule has 0 unspecified atom stereocenters. The number of rotatable bonds is 5. The van der Waals surface area contributed by atoms with Gasteiger partial charge in [-0.3, -0.25) is 19.2 Å². The summed E-state index contributed by atoms with van der Waals surface area (Å²) in [6.07, 6.45) is 2.11. The van der Waals surface area contributed by atoms with Crippen molar-refractivity contribution >= 4 is 23.1 Å². The maximum absolute atomic E-state index is 14.2. The second-order valence-electron chi connectivity index (χ2n) is 14.4. The molecule has 7 nitrogen and oxygen atoms in total. The largest absolute Gasteiger partial charge is 0.393 e. The van der Waals surface area contributed by atoms with Crippen LogP contribution in [-0.4, -0.2) is 55.8 Å². The van der Waals surface area contributed by atoms with E-state index in [1.165, 1.54) is 6.92 Å². The van der Waals surface area contributed by atoms with E-state index < -0.39 is 62.2 Å². The van der Waals surface area contributed by atoms with Crippen LogP contribution in [0.1, 0.15) is 93.9 Å². The number of fused-ring (bicyclic) bond motifs is 5. The van der Waals surface area contributed by atoms with Gasteiger partial charge in [-0.2, -0.15) is 0 Å². The molecule has 0 saturated heterocycles. The molecule has 37 heavy (non-hydrogen) atoms. The molecule has 0 bridgehead atoms. The monoisotopic (exact) mass is 516 g/mol. The smallest absolute Gasteiger partial charge is 0.207 e. The molecule has 0 aliphatic heterocycles. The third-order valence-corrected chi connectivity index (χ3v) is 11.4. The summed E-state index contributed by atoms with van der Waals surface area (Å²) in [6, 6.07) is 0. The van der Waals surface area contributed by atoms with Crippen molar-refractivity contribution in [1.29, 1.82) is 0 Å². The molecule has 3 N–H and O–H groups in total. The Hall–Kier alpha value is -1.70. The number of Topliss-reactive ketones (excluding diaryl/α,β-unsaturated/α-hetero) is 4. The zero-order valence-corrected chi connectivity index (χ0v) is 23.6. The lowest BCUT2D eigenvalue weighted by atomic mass is 9.38. The van der Waals surface area contributed by atoms with Crippen LogP contribution in [-0.2, 0) is 19.2 Å². The van der Waals surface area contributed by atoms with Crippen LogP contribution in [0.15, 0.2) is 11.6 Å². The van der Waals surface area contributed by atoms with Crippen LogP contribution in [0.5, 0.6) is 0 Å². The van der Waals surface area contributed by atoms with E-state index in [2.05, 4.69) is 6.92 Å². The van der Waals surface area contributed by atoms with Crippen molar-refractivity contribution in [2.45, 2.75) is 111 Å². The molecular formula is C30H44O7. The third-order valence-electron chi connectivity index (χ3n) is 11.4. The quantitative estimate of drug-likeness (QED) is 0.377. The van der Waals surface area contributed by atoms with E-state index in [9.17, 15) is 34.5 Å². The van der Waals surface area contributed by atoms with Crippen LogP contribution in [0, 0.1) is 39.4 Å². The van der Waals surface area contributed by atoms with Crippen LogP contribution in [0.2, 0.25) is 0 Å². The number of carbonyl (C=O) groups is 4. The molecule has 206 valence electrons. The molecule has 0 aromatic heterocycles.